The molecule has 1 N–H and O–H groups in total. The van der Waals surface area contributed by atoms with Crippen molar-refractivity contribution in [2.75, 3.05) is 39.8 Å². The maximum absolute atomic E-state index is 12.4. The molecule has 1 atom stereocenters. The van der Waals surface area contributed by atoms with Crippen molar-refractivity contribution < 1.29 is 14.1 Å². The van der Waals surface area contributed by atoms with E-state index in [9.17, 15) is 4.79 Å². The van der Waals surface area contributed by atoms with E-state index in [-0.39, 0.29) is 12.0 Å². The van der Waals surface area contributed by atoms with E-state index >= 15 is 0 Å². The van der Waals surface area contributed by atoms with Crippen molar-refractivity contribution in [1.82, 2.24) is 20.3 Å². The van der Waals surface area contributed by atoms with Crippen LogP contribution in [0.1, 0.15) is 24.3 Å². The Labute approximate surface area is 141 Å². The zero-order valence-electron chi connectivity index (χ0n) is 14.3. The zero-order valence-corrected chi connectivity index (χ0v) is 14.3. The van der Waals surface area contributed by atoms with Gasteiger partial charge in [0.15, 0.2) is 11.7 Å². The topological polar surface area (TPSA) is 83.2 Å². The van der Waals surface area contributed by atoms with Gasteiger partial charge in [0.1, 0.15) is 6.10 Å². The van der Waals surface area contributed by atoms with Gasteiger partial charge in [0.05, 0.1) is 12.2 Å². The van der Waals surface area contributed by atoms with Gasteiger partial charge in [-0.3, -0.25) is 9.79 Å². The summed E-state index contributed by atoms with van der Waals surface area (Å²) >= 11 is 0. The first-order valence-corrected chi connectivity index (χ1v) is 8.45. The Balaban J connectivity index is 1.48. The van der Waals surface area contributed by atoms with E-state index in [2.05, 4.69) is 20.4 Å². The molecule has 1 aromatic rings. The fraction of sp³-hybridized carbons (Fsp3) is 0.688. The van der Waals surface area contributed by atoms with Crippen LogP contribution >= 0.6 is 0 Å². The van der Waals surface area contributed by atoms with Crippen molar-refractivity contribution in [2.45, 2.75) is 32.4 Å². The van der Waals surface area contributed by atoms with E-state index in [0.717, 1.165) is 43.3 Å². The summed E-state index contributed by atoms with van der Waals surface area (Å²) in [5, 5.41) is 7.16. The van der Waals surface area contributed by atoms with Crippen LogP contribution in [0.5, 0.6) is 0 Å². The molecule has 132 valence electrons. The van der Waals surface area contributed by atoms with Crippen molar-refractivity contribution in [2.24, 2.45) is 4.99 Å². The van der Waals surface area contributed by atoms with Gasteiger partial charge in [-0.05, 0) is 19.8 Å². The summed E-state index contributed by atoms with van der Waals surface area (Å²) in [5.41, 5.74) is 0.864. The number of nitrogens with one attached hydrogen (secondary N) is 1. The molecule has 0 saturated carbocycles. The highest BCUT2D eigenvalue weighted by molar-refractivity contribution is 5.82. The van der Waals surface area contributed by atoms with Gasteiger partial charge in [0.25, 0.3) is 5.91 Å². The number of aromatic nitrogens is 1. The van der Waals surface area contributed by atoms with Gasteiger partial charge in [-0.25, -0.2) is 0 Å². The largest absolute Gasteiger partial charge is 0.368 e. The average molecular weight is 335 g/mol. The van der Waals surface area contributed by atoms with Gasteiger partial charge in [-0.2, -0.15) is 0 Å². The Morgan fingerprint density at radius 3 is 2.71 bits per heavy atom. The predicted molar refractivity (Wildman–Crippen MR) is 88.6 cm³/mol. The molecule has 2 saturated heterocycles. The molecule has 8 heteroatoms. The van der Waals surface area contributed by atoms with Gasteiger partial charge < -0.3 is 24.4 Å². The molecule has 8 nitrogen and oxygen atoms in total. The lowest BCUT2D eigenvalue weighted by Crippen LogP contribution is -2.55. The summed E-state index contributed by atoms with van der Waals surface area (Å²) in [6.07, 6.45) is 1.59. The third-order valence-corrected chi connectivity index (χ3v) is 4.41. The van der Waals surface area contributed by atoms with Gasteiger partial charge >= 0.3 is 0 Å². The highest BCUT2D eigenvalue weighted by Gasteiger charge is 2.30. The predicted octanol–water partition coefficient (Wildman–Crippen LogP) is 0.382. The highest BCUT2D eigenvalue weighted by Crippen LogP contribution is 2.16. The molecule has 3 heterocycles. The van der Waals surface area contributed by atoms with Crippen molar-refractivity contribution in [3.8, 4) is 0 Å². The molecular weight excluding hydrogens is 310 g/mol. The lowest BCUT2D eigenvalue weighted by Gasteiger charge is -2.37. The molecule has 1 amide bonds. The SMILES string of the molecule is CN=C(NCc1cc(C)no1)N1CCN(C(=O)C2CCCO2)CC1. The molecule has 2 aliphatic heterocycles. The van der Waals surface area contributed by atoms with Gasteiger partial charge in [-0.15, -0.1) is 0 Å². The molecule has 24 heavy (non-hydrogen) atoms. The number of carbonyl (C=O) groups excluding carboxylic acids is 1. The Hall–Kier alpha value is -2.09. The summed E-state index contributed by atoms with van der Waals surface area (Å²) in [7, 11) is 1.76. The number of amides is 1. The molecule has 1 aromatic heterocycles. The first-order valence-electron chi connectivity index (χ1n) is 8.45. The summed E-state index contributed by atoms with van der Waals surface area (Å²) in [5.74, 6) is 1.72. The van der Waals surface area contributed by atoms with Crippen LogP contribution < -0.4 is 5.32 Å². The number of ether oxygens (including phenoxy) is 1. The first-order chi connectivity index (χ1) is 11.7. The normalized spacial score (nSPS) is 22.1. The molecule has 2 aliphatic rings. The second kappa shape index (κ2) is 7.65. The fourth-order valence-electron chi connectivity index (χ4n) is 3.11. The minimum absolute atomic E-state index is 0.132. The average Bonchev–Trinajstić information content (AvgIpc) is 3.27. The zero-order chi connectivity index (χ0) is 16.9. The van der Waals surface area contributed by atoms with Gasteiger partial charge in [-0.1, -0.05) is 5.16 Å². The Morgan fingerprint density at radius 1 is 1.38 bits per heavy atom. The Morgan fingerprint density at radius 2 is 2.12 bits per heavy atom. The minimum Gasteiger partial charge on any atom is -0.368 e. The van der Waals surface area contributed by atoms with Crippen LogP contribution in [-0.2, 0) is 16.1 Å². The maximum atomic E-state index is 12.4. The van der Waals surface area contributed by atoms with Crippen molar-refractivity contribution >= 4 is 11.9 Å². The van der Waals surface area contributed by atoms with E-state index in [1.54, 1.807) is 7.05 Å². The molecule has 0 radical (unpaired) electrons. The number of rotatable bonds is 3. The second-order valence-electron chi connectivity index (χ2n) is 6.15. The Kier molecular flexibility index (Phi) is 5.34. The molecular formula is C16H25N5O3. The smallest absolute Gasteiger partial charge is 0.251 e. The molecule has 0 aliphatic carbocycles. The molecule has 0 aromatic carbocycles. The van der Waals surface area contributed by atoms with Crippen LogP contribution in [0.3, 0.4) is 0 Å². The highest BCUT2D eigenvalue weighted by atomic mass is 16.5. The number of carbonyl (C=O) groups is 1. The van der Waals surface area contributed by atoms with E-state index in [0.29, 0.717) is 26.2 Å². The second-order valence-corrected chi connectivity index (χ2v) is 6.15. The minimum atomic E-state index is -0.233. The maximum Gasteiger partial charge on any atom is 0.251 e. The van der Waals surface area contributed by atoms with Crippen molar-refractivity contribution in [3.63, 3.8) is 0 Å². The quantitative estimate of drug-likeness (QED) is 0.635. The monoisotopic (exact) mass is 335 g/mol. The van der Waals surface area contributed by atoms with E-state index in [1.165, 1.54) is 0 Å². The number of hydrogen-bond donors (Lipinski definition) is 1. The molecule has 2 fully saturated rings. The van der Waals surface area contributed by atoms with Crippen molar-refractivity contribution in [1.29, 1.82) is 0 Å². The van der Waals surface area contributed by atoms with Crippen LogP contribution in [0.25, 0.3) is 0 Å². The number of aryl methyl sites for hydroxylation is 1. The number of nitrogens with zero attached hydrogens (tertiary/aromatic N) is 4. The molecule has 1 unspecified atom stereocenters. The number of guanidine groups is 1. The lowest BCUT2D eigenvalue weighted by molar-refractivity contribution is -0.142. The van der Waals surface area contributed by atoms with Crippen LogP contribution in [0.2, 0.25) is 0 Å². The van der Waals surface area contributed by atoms with E-state index < -0.39 is 0 Å². The summed E-state index contributed by atoms with van der Waals surface area (Å²) in [6, 6.07) is 1.90. The van der Waals surface area contributed by atoms with Crippen LogP contribution in [-0.4, -0.2) is 72.8 Å². The van der Waals surface area contributed by atoms with Gasteiger partial charge in [0, 0.05) is 45.9 Å². The molecule has 3 rings (SSSR count). The Bertz CT molecular complexity index is 586. The fourth-order valence-corrected chi connectivity index (χ4v) is 3.11. The van der Waals surface area contributed by atoms with Crippen LogP contribution in [0.15, 0.2) is 15.6 Å². The third kappa shape index (κ3) is 3.87. The van der Waals surface area contributed by atoms with Gasteiger partial charge in [0.2, 0.25) is 0 Å². The summed E-state index contributed by atoms with van der Waals surface area (Å²) in [6.45, 7) is 6.05. The number of aliphatic imine (C=N–C) groups is 1. The standard InChI is InChI=1S/C16H25N5O3/c1-12-10-13(24-19-12)11-18-16(17-2)21-7-5-20(6-8-21)15(22)14-4-3-9-23-14/h10,14H,3-9,11H2,1-2H3,(H,17,18). The lowest BCUT2D eigenvalue weighted by atomic mass is 10.2. The summed E-state index contributed by atoms with van der Waals surface area (Å²) < 4.78 is 10.7. The first kappa shape index (κ1) is 16.8. The molecule has 0 spiro atoms. The number of hydrogen-bond acceptors (Lipinski definition) is 5. The van der Waals surface area contributed by atoms with Crippen molar-refractivity contribution in [3.05, 3.63) is 17.5 Å². The van der Waals surface area contributed by atoms with E-state index in [4.69, 9.17) is 9.26 Å². The van der Waals surface area contributed by atoms with Crippen LogP contribution in [0.4, 0.5) is 0 Å². The number of piperazine rings is 1. The summed E-state index contributed by atoms with van der Waals surface area (Å²) in [4.78, 5) is 20.8. The van der Waals surface area contributed by atoms with Crippen LogP contribution in [0, 0.1) is 6.92 Å². The molecule has 0 bridgehead atoms. The third-order valence-electron chi connectivity index (χ3n) is 4.41. The van der Waals surface area contributed by atoms with E-state index in [1.807, 2.05) is 17.9 Å².